The van der Waals surface area contributed by atoms with Crippen LogP contribution in [0.2, 0.25) is 0 Å². The number of hydrogen-bond acceptors (Lipinski definition) is 13. The number of nitrogens with zero attached hydrogens (tertiary/aromatic N) is 5. The van der Waals surface area contributed by atoms with Crippen molar-refractivity contribution in [3.05, 3.63) is 67.8 Å². The van der Waals surface area contributed by atoms with E-state index in [4.69, 9.17) is 19.9 Å². The number of anilines is 2. The van der Waals surface area contributed by atoms with Gasteiger partial charge in [-0.1, -0.05) is 12.2 Å². The molecule has 258 valence electrons. The highest BCUT2D eigenvalue weighted by atomic mass is 16.6. The smallest absolute Gasteiger partial charge is 0.410 e. The highest BCUT2D eigenvalue weighted by Gasteiger charge is 2.26. The van der Waals surface area contributed by atoms with Gasteiger partial charge >= 0.3 is 6.09 Å². The summed E-state index contributed by atoms with van der Waals surface area (Å²) in [4.78, 5) is 49.9. The fourth-order valence-electron chi connectivity index (χ4n) is 4.77. The van der Waals surface area contributed by atoms with Gasteiger partial charge in [-0.15, -0.1) is 0 Å². The standard InChI is InChI=1S/C31H40N8O9/c1-31(2,3)48-30(41)37-13-11-36(12-14-37)10-7-15-47-26-17-21(20-32)16-23(38(42)43)28(26)35-9-6-5-8-34-27-24(39(44)45)18-22(29(33)40)19-25(27)46-4/h5-6,16-19,34-35H,7-15H2,1-4H3,(H2,33,40)/b6-5+. The zero-order valence-corrected chi connectivity index (χ0v) is 27.3. The molecule has 2 aromatic carbocycles. The number of carbonyl (C=O) groups is 2. The van der Waals surface area contributed by atoms with Crippen molar-refractivity contribution < 1.29 is 33.6 Å². The number of ether oxygens (including phenoxy) is 3. The molecule has 0 bridgehead atoms. The summed E-state index contributed by atoms with van der Waals surface area (Å²) in [6, 6.07) is 6.86. The van der Waals surface area contributed by atoms with Crippen molar-refractivity contribution in [1.29, 1.82) is 5.26 Å². The van der Waals surface area contributed by atoms with E-state index < -0.39 is 27.0 Å². The molecule has 0 aliphatic carbocycles. The van der Waals surface area contributed by atoms with Crippen molar-refractivity contribution >= 4 is 34.7 Å². The first-order valence-electron chi connectivity index (χ1n) is 15.1. The molecule has 1 saturated heterocycles. The molecular formula is C31H40N8O9. The van der Waals surface area contributed by atoms with Gasteiger partial charge in [-0.05, 0) is 33.3 Å². The predicted octanol–water partition coefficient (Wildman–Crippen LogP) is 3.88. The van der Waals surface area contributed by atoms with Gasteiger partial charge < -0.3 is 35.5 Å². The second-order valence-corrected chi connectivity index (χ2v) is 11.7. The Kier molecular flexibility index (Phi) is 12.9. The molecule has 4 N–H and O–H groups in total. The number of benzene rings is 2. The fraction of sp³-hybridized carbons (Fsp3) is 0.452. The Morgan fingerprint density at radius 2 is 1.56 bits per heavy atom. The first-order valence-corrected chi connectivity index (χ1v) is 15.1. The third-order valence-electron chi connectivity index (χ3n) is 7.05. The lowest BCUT2D eigenvalue weighted by Crippen LogP contribution is -2.50. The number of primary amides is 1. The van der Waals surface area contributed by atoms with Crippen LogP contribution < -0.4 is 25.8 Å². The largest absolute Gasteiger partial charge is 0.494 e. The molecule has 0 aromatic heterocycles. The van der Waals surface area contributed by atoms with Gasteiger partial charge in [0.1, 0.15) is 11.4 Å². The van der Waals surface area contributed by atoms with Crippen LogP contribution in [0, 0.1) is 31.6 Å². The zero-order valence-electron chi connectivity index (χ0n) is 27.3. The van der Waals surface area contributed by atoms with Gasteiger partial charge in [-0.3, -0.25) is 29.9 Å². The monoisotopic (exact) mass is 668 g/mol. The van der Waals surface area contributed by atoms with E-state index in [1.54, 1.807) is 17.1 Å². The quantitative estimate of drug-likeness (QED) is 0.106. The second kappa shape index (κ2) is 16.8. The van der Waals surface area contributed by atoms with Crippen molar-refractivity contribution in [3.63, 3.8) is 0 Å². The third kappa shape index (κ3) is 10.5. The maximum Gasteiger partial charge on any atom is 0.410 e. The highest BCUT2D eigenvalue weighted by Crippen LogP contribution is 2.37. The number of nitriles is 1. The van der Waals surface area contributed by atoms with Crippen molar-refractivity contribution in [3.8, 4) is 17.6 Å². The number of nitrogens with one attached hydrogen (secondary N) is 2. The van der Waals surface area contributed by atoms with E-state index in [9.17, 15) is 35.1 Å². The van der Waals surface area contributed by atoms with Crippen LogP contribution in [-0.4, -0.2) is 96.8 Å². The van der Waals surface area contributed by atoms with Gasteiger partial charge in [-0.25, -0.2) is 4.79 Å². The fourth-order valence-corrected chi connectivity index (χ4v) is 4.77. The van der Waals surface area contributed by atoms with Crippen molar-refractivity contribution in [2.24, 2.45) is 5.73 Å². The van der Waals surface area contributed by atoms with Crippen LogP contribution in [0.15, 0.2) is 36.4 Å². The summed E-state index contributed by atoms with van der Waals surface area (Å²) in [5.41, 5.74) is 4.12. The Morgan fingerprint density at radius 1 is 0.979 bits per heavy atom. The maximum absolute atomic E-state index is 12.3. The minimum Gasteiger partial charge on any atom is -0.494 e. The predicted molar refractivity (Wildman–Crippen MR) is 176 cm³/mol. The second-order valence-electron chi connectivity index (χ2n) is 11.7. The Bertz CT molecular complexity index is 1580. The van der Waals surface area contributed by atoms with E-state index >= 15 is 0 Å². The summed E-state index contributed by atoms with van der Waals surface area (Å²) in [7, 11) is 1.30. The molecular weight excluding hydrogens is 628 g/mol. The Morgan fingerprint density at radius 3 is 2.08 bits per heavy atom. The molecule has 0 radical (unpaired) electrons. The molecule has 3 rings (SSSR count). The highest BCUT2D eigenvalue weighted by molar-refractivity contribution is 5.95. The van der Waals surface area contributed by atoms with Gasteiger partial charge in [-0.2, -0.15) is 5.26 Å². The first-order chi connectivity index (χ1) is 22.7. The van der Waals surface area contributed by atoms with Crippen LogP contribution in [0.1, 0.15) is 43.1 Å². The molecule has 2 amide bonds. The maximum atomic E-state index is 12.3. The summed E-state index contributed by atoms with van der Waals surface area (Å²) in [5.74, 6) is -0.635. The molecule has 1 fully saturated rings. The van der Waals surface area contributed by atoms with E-state index in [0.29, 0.717) is 39.1 Å². The Hall–Kier alpha value is -5.63. The summed E-state index contributed by atoms with van der Waals surface area (Å²) in [5, 5.41) is 38.8. The lowest BCUT2D eigenvalue weighted by molar-refractivity contribution is -0.384. The lowest BCUT2D eigenvalue weighted by Gasteiger charge is -2.35. The molecule has 0 atom stereocenters. The van der Waals surface area contributed by atoms with E-state index in [1.165, 1.54) is 19.2 Å². The van der Waals surface area contributed by atoms with E-state index in [-0.39, 0.29) is 65.5 Å². The average molecular weight is 669 g/mol. The summed E-state index contributed by atoms with van der Waals surface area (Å²) >= 11 is 0. The molecule has 0 spiro atoms. The first kappa shape index (κ1) is 36.8. The minimum absolute atomic E-state index is 0.0495. The molecule has 2 aromatic rings. The molecule has 17 nitrogen and oxygen atoms in total. The van der Waals surface area contributed by atoms with Crippen molar-refractivity contribution in [2.75, 3.05) is 70.2 Å². The normalized spacial score (nSPS) is 13.4. The topological polar surface area (TPSA) is 228 Å². The van der Waals surface area contributed by atoms with E-state index in [2.05, 4.69) is 15.5 Å². The minimum atomic E-state index is -0.843. The molecule has 1 heterocycles. The van der Waals surface area contributed by atoms with Crippen LogP contribution >= 0.6 is 0 Å². The van der Waals surface area contributed by atoms with Crippen LogP contribution in [-0.2, 0) is 4.74 Å². The van der Waals surface area contributed by atoms with Gasteiger partial charge in [0.25, 0.3) is 11.4 Å². The SMILES string of the molecule is COc1cc(C(N)=O)cc([N+](=O)[O-])c1NC/C=C/CNc1c(OCCCN2CCN(C(=O)OC(C)(C)C)CC2)cc(C#N)cc1[N+](=O)[O-]. The van der Waals surface area contributed by atoms with Gasteiger partial charge in [0.2, 0.25) is 5.91 Å². The van der Waals surface area contributed by atoms with Crippen LogP contribution in [0.3, 0.4) is 0 Å². The number of hydrogen-bond donors (Lipinski definition) is 3. The zero-order chi connectivity index (χ0) is 35.4. The Labute approximate surface area is 277 Å². The average Bonchev–Trinajstić information content (AvgIpc) is 3.03. The van der Waals surface area contributed by atoms with E-state index in [1.807, 2.05) is 26.8 Å². The van der Waals surface area contributed by atoms with Crippen molar-refractivity contribution in [1.82, 2.24) is 9.80 Å². The number of amides is 2. The van der Waals surface area contributed by atoms with Crippen LogP contribution in [0.4, 0.5) is 27.5 Å². The Balaban J connectivity index is 1.59. The molecule has 0 unspecified atom stereocenters. The number of nitro groups is 2. The summed E-state index contributed by atoms with van der Waals surface area (Å²) in [6.07, 6.45) is 3.54. The number of nitro benzene ring substituents is 2. The molecule has 1 aliphatic heterocycles. The van der Waals surface area contributed by atoms with Crippen LogP contribution in [0.5, 0.6) is 11.5 Å². The third-order valence-corrected chi connectivity index (χ3v) is 7.05. The van der Waals surface area contributed by atoms with Gasteiger partial charge in [0, 0.05) is 69.6 Å². The number of rotatable bonds is 15. The summed E-state index contributed by atoms with van der Waals surface area (Å²) < 4.78 is 16.6. The van der Waals surface area contributed by atoms with E-state index in [0.717, 1.165) is 12.1 Å². The number of methoxy groups -OCH3 is 1. The molecule has 48 heavy (non-hydrogen) atoms. The molecule has 1 aliphatic rings. The summed E-state index contributed by atoms with van der Waals surface area (Å²) in [6.45, 7) is 9.01. The van der Waals surface area contributed by atoms with Gasteiger partial charge in [0.15, 0.2) is 17.1 Å². The number of carbonyl (C=O) groups excluding carboxylic acids is 2. The lowest BCUT2D eigenvalue weighted by atomic mass is 10.1. The molecule has 17 heteroatoms. The molecule has 0 saturated carbocycles. The van der Waals surface area contributed by atoms with Crippen molar-refractivity contribution in [2.45, 2.75) is 32.8 Å². The van der Waals surface area contributed by atoms with Gasteiger partial charge in [0.05, 0.1) is 35.2 Å². The number of nitrogens with two attached hydrogens (primary N) is 1. The van der Waals surface area contributed by atoms with Crippen LogP contribution in [0.25, 0.3) is 0 Å². The number of piperazine rings is 1.